The van der Waals surface area contributed by atoms with Gasteiger partial charge in [0.25, 0.3) is 0 Å². The molecule has 12 heteroatoms. The third kappa shape index (κ3) is 6.38. The number of ether oxygens (including phenoxy) is 4. The molecule has 0 amide bonds. The average molecular weight is 571 g/mol. The van der Waals surface area contributed by atoms with E-state index in [0.29, 0.717) is 39.5 Å². The molecule has 0 spiro atoms. The van der Waals surface area contributed by atoms with E-state index in [-0.39, 0.29) is 24.5 Å². The van der Waals surface area contributed by atoms with Crippen LogP contribution in [0, 0.1) is 11.8 Å². The number of fused-ring (bicyclic) bond motifs is 1. The van der Waals surface area contributed by atoms with E-state index in [1.54, 1.807) is 19.1 Å². The first-order valence-electron chi connectivity index (χ1n) is 11.9. The van der Waals surface area contributed by atoms with Gasteiger partial charge in [-0.05, 0) is 31.2 Å². The summed E-state index contributed by atoms with van der Waals surface area (Å²) in [6.07, 6.45) is 2.81. The van der Waals surface area contributed by atoms with Crippen molar-refractivity contribution in [1.29, 1.82) is 0 Å². The van der Waals surface area contributed by atoms with Gasteiger partial charge < -0.3 is 18.9 Å². The van der Waals surface area contributed by atoms with Crippen LogP contribution in [0.2, 0.25) is 0 Å². The van der Waals surface area contributed by atoms with Gasteiger partial charge in [-0.15, -0.1) is 19.1 Å². The lowest BCUT2D eigenvalue weighted by molar-refractivity contribution is 0.0991. The Morgan fingerprint density at radius 1 is 0.950 bits per heavy atom. The molecule has 2 aromatic carbocycles. The zero-order valence-electron chi connectivity index (χ0n) is 23.0. The highest BCUT2D eigenvalue weighted by molar-refractivity contribution is 7.48. The highest BCUT2D eigenvalue weighted by atomic mass is 31.2. The number of rotatable bonds is 15. The van der Waals surface area contributed by atoms with Crippen LogP contribution < -0.4 is 18.9 Å². The maximum Gasteiger partial charge on any atom is 0.477 e. The van der Waals surface area contributed by atoms with E-state index < -0.39 is 20.3 Å². The maximum absolute atomic E-state index is 13.9. The summed E-state index contributed by atoms with van der Waals surface area (Å²) in [5, 5.41) is 4.99. The topological polar surface area (TPSA) is 117 Å². The SMILES string of the molecule is C=CCOP(=O)(OCC=C)OCn1nc(C(=O)c2cc(OC)c(OC)c(OC)c2)c2ccc(OC)c(C#CC)c21. The van der Waals surface area contributed by atoms with Gasteiger partial charge in [-0.2, -0.15) is 5.10 Å². The van der Waals surface area contributed by atoms with Gasteiger partial charge in [-0.1, -0.05) is 18.1 Å². The van der Waals surface area contributed by atoms with E-state index in [9.17, 15) is 9.36 Å². The van der Waals surface area contributed by atoms with Crippen molar-refractivity contribution >= 4 is 24.5 Å². The zero-order valence-corrected chi connectivity index (χ0v) is 23.9. The standard InChI is InChI=1S/C28H31N2O9P/c1-8-11-20-22(33-4)13-12-21-25(27(31)19-16-23(34-5)28(36-7)24(17-19)35-6)29-30(26(20)21)18-39-40(32,37-14-9-2)38-15-10-3/h9-10,12-13,16-17H,2-3,14-15,18H2,1,4-7H3. The molecule has 40 heavy (non-hydrogen) atoms. The molecule has 0 aliphatic rings. The van der Waals surface area contributed by atoms with Crippen molar-refractivity contribution in [2.45, 2.75) is 13.7 Å². The molecule has 0 aliphatic carbocycles. The largest absolute Gasteiger partial charge is 0.495 e. The summed E-state index contributed by atoms with van der Waals surface area (Å²) in [4.78, 5) is 13.9. The third-order valence-corrected chi connectivity index (χ3v) is 6.89. The predicted molar refractivity (Wildman–Crippen MR) is 149 cm³/mol. The number of hydrogen-bond donors (Lipinski definition) is 0. The number of methoxy groups -OCH3 is 4. The van der Waals surface area contributed by atoms with Crippen molar-refractivity contribution in [2.24, 2.45) is 0 Å². The molecule has 0 N–H and O–H groups in total. The number of hydrogen-bond acceptors (Lipinski definition) is 10. The van der Waals surface area contributed by atoms with Crippen LogP contribution in [0.4, 0.5) is 0 Å². The maximum atomic E-state index is 13.9. The van der Waals surface area contributed by atoms with Crippen LogP contribution in [-0.4, -0.2) is 57.2 Å². The van der Waals surface area contributed by atoms with Crippen LogP contribution in [0.25, 0.3) is 10.9 Å². The fourth-order valence-electron chi connectivity index (χ4n) is 3.81. The molecule has 11 nitrogen and oxygen atoms in total. The highest BCUT2D eigenvalue weighted by Gasteiger charge is 2.29. The normalized spacial score (nSPS) is 10.9. The molecule has 3 aromatic rings. The number of nitrogens with zero attached hydrogens (tertiary/aromatic N) is 2. The summed E-state index contributed by atoms with van der Waals surface area (Å²) in [6, 6.07) is 6.43. The minimum atomic E-state index is -4.05. The smallest absolute Gasteiger partial charge is 0.477 e. The molecule has 0 fully saturated rings. The Bertz CT molecular complexity index is 1480. The van der Waals surface area contributed by atoms with Crippen LogP contribution >= 0.6 is 7.82 Å². The summed E-state index contributed by atoms with van der Waals surface area (Å²) in [5.41, 5.74) is 1.18. The van der Waals surface area contributed by atoms with Crippen molar-refractivity contribution < 1.29 is 41.9 Å². The van der Waals surface area contributed by atoms with E-state index in [4.69, 9.17) is 32.5 Å². The Balaban J connectivity index is 2.20. The Hall–Kier alpha value is -4.07. The molecule has 0 saturated carbocycles. The summed E-state index contributed by atoms with van der Waals surface area (Å²) < 4.78 is 52.4. The minimum Gasteiger partial charge on any atom is -0.495 e. The summed E-state index contributed by atoms with van der Waals surface area (Å²) >= 11 is 0. The molecule has 212 valence electrons. The van der Waals surface area contributed by atoms with Gasteiger partial charge in [-0.3, -0.25) is 18.4 Å². The van der Waals surface area contributed by atoms with Gasteiger partial charge in [0.1, 0.15) is 11.4 Å². The first-order chi connectivity index (χ1) is 19.3. The monoisotopic (exact) mass is 570 g/mol. The van der Waals surface area contributed by atoms with E-state index in [2.05, 4.69) is 30.1 Å². The van der Waals surface area contributed by atoms with E-state index in [1.165, 1.54) is 57.4 Å². The molecule has 1 aromatic heterocycles. The number of phosphoric acid groups is 1. The lowest BCUT2D eigenvalue weighted by atomic mass is 10.0. The van der Waals surface area contributed by atoms with Crippen LogP contribution in [0.3, 0.4) is 0 Å². The lowest BCUT2D eigenvalue weighted by Crippen LogP contribution is -2.09. The third-order valence-electron chi connectivity index (χ3n) is 5.52. The lowest BCUT2D eigenvalue weighted by Gasteiger charge is -2.17. The molecule has 0 atom stereocenters. The summed E-state index contributed by atoms with van der Waals surface area (Å²) in [5.74, 6) is 6.80. The quantitative estimate of drug-likeness (QED) is 0.105. The van der Waals surface area contributed by atoms with E-state index in [0.717, 1.165) is 0 Å². The molecule has 0 bridgehead atoms. The van der Waals surface area contributed by atoms with Crippen molar-refractivity contribution in [3.05, 3.63) is 66.4 Å². The van der Waals surface area contributed by atoms with Crippen LogP contribution in [0.15, 0.2) is 49.6 Å². The Kier molecular flexibility index (Phi) is 10.5. The van der Waals surface area contributed by atoms with Crippen molar-refractivity contribution in [2.75, 3.05) is 41.7 Å². The molecule has 0 radical (unpaired) electrons. The second-order valence-electron chi connectivity index (χ2n) is 7.88. The fourth-order valence-corrected chi connectivity index (χ4v) is 4.86. The van der Waals surface area contributed by atoms with Gasteiger partial charge in [0, 0.05) is 10.9 Å². The zero-order chi connectivity index (χ0) is 29.3. The van der Waals surface area contributed by atoms with E-state index >= 15 is 0 Å². The first-order valence-corrected chi connectivity index (χ1v) is 13.4. The van der Waals surface area contributed by atoms with Crippen molar-refractivity contribution in [3.63, 3.8) is 0 Å². The molecule has 0 aliphatic heterocycles. The number of carbonyl (C=O) groups excluding carboxylic acids is 1. The number of benzene rings is 2. The van der Waals surface area contributed by atoms with Gasteiger partial charge >= 0.3 is 7.82 Å². The molecule has 1 heterocycles. The van der Waals surface area contributed by atoms with Crippen molar-refractivity contribution in [1.82, 2.24) is 9.78 Å². The minimum absolute atomic E-state index is 0.0727. The predicted octanol–water partition coefficient (Wildman–Crippen LogP) is 5.16. The fraction of sp³-hybridized carbons (Fsp3) is 0.286. The van der Waals surface area contributed by atoms with Crippen LogP contribution in [-0.2, 0) is 24.9 Å². The van der Waals surface area contributed by atoms with Gasteiger partial charge in [0.05, 0.1) is 52.7 Å². The summed E-state index contributed by atoms with van der Waals surface area (Å²) in [7, 11) is 1.83. The average Bonchev–Trinajstić information content (AvgIpc) is 3.36. The van der Waals surface area contributed by atoms with Crippen LogP contribution in [0.5, 0.6) is 23.0 Å². The van der Waals surface area contributed by atoms with Crippen molar-refractivity contribution in [3.8, 4) is 34.8 Å². The number of ketones is 1. The Labute approximate surface area is 232 Å². The van der Waals surface area contributed by atoms with Gasteiger partial charge in [0.15, 0.2) is 18.2 Å². The highest BCUT2D eigenvalue weighted by Crippen LogP contribution is 2.50. The van der Waals surface area contributed by atoms with Crippen LogP contribution in [0.1, 0.15) is 28.5 Å². The Morgan fingerprint density at radius 2 is 1.55 bits per heavy atom. The molecule has 0 saturated heterocycles. The summed E-state index contributed by atoms with van der Waals surface area (Å²) in [6.45, 7) is 8.20. The molecule has 0 unspecified atom stereocenters. The second-order valence-corrected chi connectivity index (χ2v) is 9.55. The second kappa shape index (κ2) is 13.8. The van der Waals surface area contributed by atoms with Gasteiger partial charge in [0.2, 0.25) is 11.5 Å². The Morgan fingerprint density at radius 3 is 2.05 bits per heavy atom. The number of aromatic nitrogens is 2. The number of phosphoric ester groups is 1. The molecular weight excluding hydrogens is 539 g/mol. The number of carbonyl (C=O) groups is 1. The molecular formula is C28H31N2O9P. The van der Waals surface area contributed by atoms with Gasteiger partial charge in [-0.25, -0.2) is 9.25 Å². The first kappa shape index (κ1) is 30.5. The van der Waals surface area contributed by atoms with E-state index in [1.807, 2.05) is 0 Å². The molecule has 3 rings (SSSR count).